The highest BCUT2D eigenvalue weighted by molar-refractivity contribution is 5.75. The maximum Gasteiger partial charge on any atom is 0.325 e. The van der Waals surface area contributed by atoms with E-state index in [4.69, 9.17) is 4.74 Å². The van der Waals surface area contributed by atoms with Crippen LogP contribution in [0.25, 0.3) is 0 Å². The van der Waals surface area contributed by atoms with Gasteiger partial charge in [-0.1, -0.05) is 0 Å². The van der Waals surface area contributed by atoms with Gasteiger partial charge >= 0.3 is 5.97 Å². The van der Waals surface area contributed by atoms with E-state index in [1.54, 1.807) is 14.0 Å². The Morgan fingerprint density at radius 2 is 2.06 bits per heavy atom. The SMILES string of the molecule is CCOC(=O)CN(C)c1ccc(F)c(F)c1. The molecule has 5 heteroatoms. The molecule has 3 nitrogen and oxygen atoms in total. The molecule has 0 spiro atoms. The average molecular weight is 229 g/mol. The number of hydrogen-bond donors (Lipinski definition) is 0. The summed E-state index contributed by atoms with van der Waals surface area (Å²) in [5.41, 5.74) is 0.423. The number of carbonyl (C=O) groups excluding carboxylic acids is 1. The molecule has 0 aliphatic rings. The first-order chi connectivity index (χ1) is 7.54. The molecule has 16 heavy (non-hydrogen) atoms. The fourth-order valence-electron chi connectivity index (χ4n) is 1.21. The van der Waals surface area contributed by atoms with E-state index >= 15 is 0 Å². The molecule has 88 valence electrons. The predicted molar refractivity (Wildman–Crippen MR) is 56.3 cm³/mol. The number of esters is 1. The summed E-state index contributed by atoms with van der Waals surface area (Å²) >= 11 is 0. The van der Waals surface area contributed by atoms with Crippen LogP contribution in [0, 0.1) is 11.6 Å². The van der Waals surface area contributed by atoms with Gasteiger partial charge in [-0.2, -0.15) is 0 Å². The van der Waals surface area contributed by atoms with E-state index in [0.29, 0.717) is 12.3 Å². The van der Waals surface area contributed by atoms with Gasteiger partial charge in [0.2, 0.25) is 0 Å². The highest BCUT2D eigenvalue weighted by Crippen LogP contribution is 2.16. The van der Waals surface area contributed by atoms with E-state index in [0.717, 1.165) is 12.1 Å². The van der Waals surface area contributed by atoms with Crippen LogP contribution < -0.4 is 4.90 Å². The van der Waals surface area contributed by atoms with Crippen LogP contribution in [-0.2, 0) is 9.53 Å². The normalized spacial score (nSPS) is 10.0. The second-order valence-electron chi connectivity index (χ2n) is 3.26. The van der Waals surface area contributed by atoms with Gasteiger partial charge in [-0.05, 0) is 19.1 Å². The van der Waals surface area contributed by atoms with Gasteiger partial charge in [0, 0.05) is 18.8 Å². The zero-order valence-corrected chi connectivity index (χ0v) is 9.17. The smallest absolute Gasteiger partial charge is 0.325 e. The third-order valence-electron chi connectivity index (χ3n) is 2.02. The lowest BCUT2D eigenvalue weighted by Gasteiger charge is -2.18. The first-order valence-corrected chi connectivity index (χ1v) is 4.86. The number of anilines is 1. The molecular weight excluding hydrogens is 216 g/mol. The van der Waals surface area contributed by atoms with Crippen molar-refractivity contribution in [3.63, 3.8) is 0 Å². The van der Waals surface area contributed by atoms with E-state index in [1.807, 2.05) is 0 Å². The molecule has 0 heterocycles. The molecule has 0 fully saturated rings. The summed E-state index contributed by atoms with van der Waals surface area (Å²) in [5.74, 6) is -2.25. The minimum absolute atomic E-state index is 0.00108. The standard InChI is InChI=1S/C11H13F2NO2/c1-3-16-11(15)7-14(2)8-4-5-9(12)10(13)6-8/h4-6H,3,7H2,1-2H3. The number of nitrogens with zero attached hydrogens (tertiary/aromatic N) is 1. The number of ether oxygens (including phenoxy) is 1. The molecule has 0 aliphatic carbocycles. The molecular formula is C11H13F2NO2. The highest BCUT2D eigenvalue weighted by atomic mass is 19.2. The van der Waals surface area contributed by atoms with Gasteiger partial charge in [-0.3, -0.25) is 4.79 Å². The Morgan fingerprint density at radius 3 is 2.62 bits per heavy atom. The number of halogens is 2. The topological polar surface area (TPSA) is 29.5 Å². The lowest BCUT2D eigenvalue weighted by Crippen LogP contribution is -2.27. The van der Waals surface area contributed by atoms with Crippen LogP contribution in [0.3, 0.4) is 0 Å². The Balaban J connectivity index is 2.69. The summed E-state index contributed by atoms with van der Waals surface area (Å²) in [7, 11) is 1.60. The van der Waals surface area contributed by atoms with E-state index in [9.17, 15) is 13.6 Å². The molecule has 0 unspecified atom stereocenters. The van der Waals surface area contributed by atoms with Gasteiger partial charge < -0.3 is 9.64 Å². The minimum atomic E-state index is -0.937. The van der Waals surface area contributed by atoms with Gasteiger partial charge in [0.05, 0.1) is 6.61 Å². The van der Waals surface area contributed by atoms with E-state index in [2.05, 4.69) is 0 Å². The molecule has 0 aromatic heterocycles. The molecule has 0 saturated heterocycles. The van der Waals surface area contributed by atoms with Crippen molar-refractivity contribution in [2.75, 3.05) is 25.1 Å². The van der Waals surface area contributed by atoms with Crippen molar-refractivity contribution in [3.05, 3.63) is 29.8 Å². The summed E-state index contributed by atoms with van der Waals surface area (Å²) in [5, 5.41) is 0. The van der Waals surface area contributed by atoms with Gasteiger partial charge in [0.25, 0.3) is 0 Å². The second-order valence-corrected chi connectivity index (χ2v) is 3.26. The van der Waals surface area contributed by atoms with Crippen LogP contribution in [0.15, 0.2) is 18.2 Å². The van der Waals surface area contributed by atoms with Gasteiger partial charge in [-0.25, -0.2) is 8.78 Å². The van der Waals surface area contributed by atoms with Crippen LogP contribution in [0.1, 0.15) is 6.92 Å². The fraction of sp³-hybridized carbons (Fsp3) is 0.364. The maximum atomic E-state index is 12.9. The third-order valence-corrected chi connectivity index (χ3v) is 2.02. The molecule has 0 amide bonds. The third kappa shape index (κ3) is 3.18. The van der Waals surface area contributed by atoms with Crippen molar-refractivity contribution in [2.24, 2.45) is 0 Å². The Morgan fingerprint density at radius 1 is 1.38 bits per heavy atom. The van der Waals surface area contributed by atoms with Crippen molar-refractivity contribution in [3.8, 4) is 0 Å². The molecule has 1 rings (SSSR count). The Labute approximate surface area is 92.6 Å². The quantitative estimate of drug-likeness (QED) is 0.739. The summed E-state index contributed by atoms with van der Waals surface area (Å²) in [6.45, 7) is 2.00. The van der Waals surface area contributed by atoms with Crippen LogP contribution in [-0.4, -0.2) is 26.2 Å². The zero-order chi connectivity index (χ0) is 12.1. The van der Waals surface area contributed by atoms with Crippen LogP contribution in [0.4, 0.5) is 14.5 Å². The minimum Gasteiger partial charge on any atom is -0.465 e. The first kappa shape index (κ1) is 12.4. The maximum absolute atomic E-state index is 12.9. The molecule has 0 aliphatic heterocycles. The molecule has 1 aromatic rings. The molecule has 0 bridgehead atoms. The number of carbonyl (C=O) groups is 1. The Bertz CT molecular complexity index is 382. The number of benzene rings is 1. The fourth-order valence-corrected chi connectivity index (χ4v) is 1.21. The average Bonchev–Trinajstić information content (AvgIpc) is 2.22. The van der Waals surface area contributed by atoms with Gasteiger partial charge in [0.15, 0.2) is 11.6 Å². The van der Waals surface area contributed by atoms with Gasteiger partial charge in [0.1, 0.15) is 6.54 Å². The van der Waals surface area contributed by atoms with Crippen molar-refractivity contribution in [1.82, 2.24) is 0 Å². The van der Waals surface area contributed by atoms with Crippen molar-refractivity contribution >= 4 is 11.7 Å². The van der Waals surface area contributed by atoms with Crippen molar-refractivity contribution in [2.45, 2.75) is 6.92 Å². The number of likely N-dealkylation sites (N-methyl/N-ethyl adjacent to an activating group) is 1. The largest absolute Gasteiger partial charge is 0.465 e. The molecule has 0 N–H and O–H groups in total. The predicted octanol–water partition coefficient (Wildman–Crippen LogP) is 1.96. The summed E-state index contributed by atoms with van der Waals surface area (Å²) in [4.78, 5) is 12.6. The molecule has 0 saturated carbocycles. The highest BCUT2D eigenvalue weighted by Gasteiger charge is 2.10. The van der Waals surface area contributed by atoms with Gasteiger partial charge in [-0.15, -0.1) is 0 Å². The van der Waals surface area contributed by atoms with E-state index in [1.165, 1.54) is 11.0 Å². The number of rotatable bonds is 4. The summed E-state index contributed by atoms with van der Waals surface area (Å²) in [6.07, 6.45) is 0. The monoisotopic (exact) mass is 229 g/mol. The van der Waals surface area contributed by atoms with Crippen molar-refractivity contribution < 1.29 is 18.3 Å². The zero-order valence-electron chi connectivity index (χ0n) is 9.17. The second kappa shape index (κ2) is 5.44. The lowest BCUT2D eigenvalue weighted by atomic mass is 10.3. The van der Waals surface area contributed by atoms with E-state index < -0.39 is 17.6 Å². The summed E-state index contributed by atoms with van der Waals surface area (Å²) < 4.78 is 30.3. The Hall–Kier alpha value is -1.65. The summed E-state index contributed by atoms with van der Waals surface area (Å²) in [6, 6.07) is 3.46. The van der Waals surface area contributed by atoms with E-state index in [-0.39, 0.29) is 6.54 Å². The molecule has 0 atom stereocenters. The van der Waals surface area contributed by atoms with Crippen LogP contribution >= 0.6 is 0 Å². The number of hydrogen-bond acceptors (Lipinski definition) is 3. The molecule has 0 radical (unpaired) electrons. The van der Waals surface area contributed by atoms with Crippen LogP contribution in [0.5, 0.6) is 0 Å². The first-order valence-electron chi connectivity index (χ1n) is 4.86. The molecule has 1 aromatic carbocycles. The Kier molecular flexibility index (Phi) is 4.22. The van der Waals surface area contributed by atoms with Crippen molar-refractivity contribution in [1.29, 1.82) is 0 Å². The van der Waals surface area contributed by atoms with Crippen LogP contribution in [0.2, 0.25) is 0 Å². The lowest BCUT2D eigenvalue weighted by molar-refractivity contribution is -0.141.